The lowest BCUT2D eigenvalue weighted by atomic mass is 9.88. The summed E-state index contributed by atoms with van der Waals surface area (Å²) >= 11 is 0. The van der Waals surface area contributed by atoms with Crippen LogP contribution in [0.15, 0.2) is 115 Å². The number of benzene rings is 4. The van der Waals surface area contributed by atoms with Crippen LogP contribution in [-0.2, 0) is 0 Å². The summed E-state index contributed by atoms with van der Waals surface area (Å²) in [4.78, 5) is 12.9. The highest BCUT2D eigenvalue weighted by molar-refractivity contribution is 5.94. The zero-order chi connectivity index (χ0) is 25.6. The Morgan fingerprint density at radius 1 is 0.838 bits per heavy atom. The molecule has 0 fully saturated rings. The molecule has 0 saturated heterocycles. The molecule has 0 radical (unpaired) electrons. The first-order valence-corrected chi connectivity index (χ1v) is 12.5. The quantitative estimate of drug-likeness (QED) is 0.267. The highest BCUT2D eigenvalue weighted by Gasteiger charge is 2.15. The molecule has 5 nitrogen and oxygen atoms in total. The van der Waals surface area contributed by atoms with Crippen molar-refractivity contribution in [3.05, 3.63) is 138 Å². The van der Waals surface area contributed by atoms with E-state index in [0.717, 1.165) is 23.4 Å². The number of hydrogen-bond acceptors (Lipinski definition) is 3. The Kier molecular flexibility index (Phi) is 7.13. The van der Waals surface area contributed by atoms with Crippen LogP contribution in [0.2, 0.25) is 0 Å². The van der Waals surface area contributed by atoms with Gasteiger partial charge in [-0.3, -0.25) is 4.79 Å². The van der Waals surface area contributed by atoms with Gasteiger partial charge in [-0.1, -0.05) is 84.4 Å². The standard InChI is InChI=1S/C32H30N4O/c1-23-9-8-14-27(21-23)30-22-31(33)36(35-30)28-17-15-26(16-18-28)32(37)34-20-19-29(24-10-4-2-5-11-24)25-12-6-3-7-13-25/h2-18,21-22,29H,19-20,33H2,1H3,(H,34,37). The van der Waals surface area contributed by atoms with Crippen molar-refractivity contribution in [2.75, 3.05) is 12.3 Å². The maximum Gasteiger partial charge on any atom is 0.251 e. The zero-order valence-corrected chi connectivity index (χ0v) is 20.8. The summed E-state index contributed by atoms with van der Waals surface area (Å²) in [5.74, 6) is 0.664. The number of amides is 1. The molecule has 0 aliphatic carbocycles. The van der Waals surface area contributed by atoms with Crippen molar-refractivity contribution < 1.29 is 4.79 Å². The second kappa shape index (κ2) is 11.0. The summed E-state index contributed by atoms with van der Waals surface area (Å²) in [6.45, 7) is 2.62. The molecule has 1 heterocycles. The number of nitrogens with two attached hydrogens (primary N) is 1. The monoisotopic (exact) mass is 486 g/mol. The predicted octanol–water partition coefficient (Wildman–Crippen LogP) is 6.38. The molecule has 1 aromatic heterocycles. The van der Waals surface area contributed by atoms with Crippen LogP contribution < -0.4 is 11.1 Å². The van der Waals surface area contributed by atoms with Gasteiger partial charge in [0.15, 0.2) is 0 Å². The molecule has 184 valence electrons. The number of nitrogens with zero attached hydrogens (tertiary/aromatic N) is 2. The first-order valence-electron chi connectivity index (χ1n) is 12.5. The molecule has 0 bridgehead atoms. The fourth-order valence-corrected chi connectivity index (χ4v) is 4.63. The molecule has 37 heavy (non-hydrogen) atoms. The van der Waals surface area contributed by atoms with E-state index >= 15 is 0 Å². The molecule has 0 atom stereocenters. The normalized spacial score (nSPS) is 11.0. The Morgan fingerprint density at radius 2 is 1.49 bits per heavy atom. The van der Waals surface area contributed by atoms with Crippen LogP contribution >= 0.6 is 0 Å². The molecule has 0 spiro atoms. The first kappa shape index (κ1) is 24.1. The maximum atomic E-state index is 12.9. The predicted molar refractivity (Wildman–Crippen MR) is 150 cm³/mol. The molecule has 0 aliphatic heterocycles. The summed E-state index contributed by atoms with van der Waals surface area (Å²) < 4.78 is 1.70. The summed E-state index contributed by atoms with van der Waals surface area (Å²) in [5, 5.41) is 7.77. The molecular formula is C32H30N4O. The third kappa shape index (κ3) is 5.62. The molecule has 0 unspecified atom stereocenters. The summed E-state index contributed by atoms with van der Waals surface area (Å²) in [7, 11) is 0. The molecule has 5 rings (SSSR count). The van der Waals surface area contributed by atoms with Gasteiger partial charge in [-0.25, -0.2) is 4.68 Å². The van der Waals surface area contributed by atoms with Gasteiger partial charge in [0.1, 0.15) is 5.82 Å². The van der Waals surface area contributed by atoms with Gasteiger partial charge in [0.05, 0.1) is 11.4 Å². The molecular weight excluding hydrogens is 456 g/mol. The Morgan fingerprint density at radius 3 is 2.11 bits per heavy atom. The van der Waals surface area contributed by atoms with Gasteiger partial charge in [-0.05, 0) is 54.8 Å². The van der Waals surface area contributed by atoms with Crippen LogP contribution in [0.3, 0.4) is 0 Å². The SMILES string of the molecule is Cc1cccc(-c2cc(N)n(-c3ccc(C(=O)NCCC(c4ccccc4)c4ccccc4)cc3)n2)c1. The van der Waals surface area contributed by atoms with Crippen LogP contribution in [-0.4, -0.2) is 22.2 Å². The van der Waals surface area contributed by atoms with Gasteiger partial charge in [0.2, 0.25) is 0 Å². The van der Waals surface area contributed by atoms with Gasteiger partial charge in [0.25, 0.3) is 5.91 Å². The Bertz CT molecular complexity index is 1440. The number of rotatable bonds is 8. The molecule has 1 amide bonds. The minimum atomic E-state index is -0.0969. The van der Waals surface area contributed by atoms with Crippen LogP contribution in [0.25, 0.3) is 16.9 Å². The van der Waals surface area contributed by atoms with Crippen LogP contribution in [0.4, 0.5) is 5.82 Å². The van der Waals surface area contributed by atoms with E-state index in [0.29, 0.717) is 17.9 Å². The Hall–Kier alpha value is -4.64. The van der Waals surface area contributed by atoms with E-state index in [-0.39, 0.29) is 11.8 Å². The van der Waals surface area contributed by atoms with E-state index < -0.39 is 0 Å². The number of carbonyl (C=O) groups excluding carboxylic acids is 1. The third-order valence-corrected chi connectivity index (χ3v) is 6.55. The largest absolute Gasteiger partial charge is 0.384 e. The van der Waals surface area contributed by atoms with E-state index in [2.05, 4.69) is 78.0 Å². The second-order valence-corrected chi connectivity index (χ2v) is 9.20. The summed E-state index contributed by atoms with van der Waals surface area (Å²) in [5.41, 5.74) is 13.2. The van der Waals surface area contributed by atoms with Crippen LogP contribution in [0.5, 0.6) is 0 Å². The zero-order valence-electron chi connectivity index (χ0n) is 20.8. The molecule has 0 saturated carbocycles. The number of carbonyl (C=O) groups is 1. The van der Waals surface area contributed by atoms with Crippen LogP contribution in [0.1, 0.15) is 39.4 Å². The van der Waals surface area contributed by atoms with E-state index in [1.807, 2.05) is 54.6 Å². The fraction of sp³-hybridized carbons (Fsp3) is 0.125. The number of aromatic nitrogens is 2. The van der Waals surface area contributed by atoms with Gasteiger partial charge in [-0.15, -0.1) is 0 Å². The number of hydrogen-bond donors (Lipinski definition) is 2. The van der Waals surface area contributed by atoms with Gasteiger partial charge >= 0.3 is 0 Å². The third-order valence-electron chi connectivity index (χ3n) is 6.55. The Labute approximate surface area is 217 Å². The van der Waals surface area contributed by atoms with Crippen molar-refractivity contribution in [1.82, 2.24) is 15.1 Å². The Balaban J connectivity index is 1.25. The first-order chi connectivity index (χ1) is 18.1. The molecule has 5 aromatic rings. The smallest absolute Gasteiger partial charge is 0.251 e. The minimum Gasteiger partial charge on any atom is -0.384 e. The van der Waals surface area contributed by atoms with Crippen molar-refractivity contribution >= 4 is 11.7 Å². The van der Waals surface area contributed by atoms with Gasteiger partial charge in [-0.2, -0.15) is 5.10 Å². The van der Waals surface area contributed by atoms with E-state index in [1.54, 1.807) is 4.68 Å². The average Bonchev–Trinajstić information content (AvgIpc) is 3.33. The lowest BCUT2D eigenvalue weighted by Gasteiger charge is -2.18. The molecule has 3 N–H and O–H groups in total. The van der Waals surface area contributed by atoms with Crippen LogP contribution in [0, 0.1) is 6.92 Å². The number of nitrogen functional groups attached to an aromatic ring is 1. The number of anilines is 1. The fourth-order valence-electron chi connectivity index (χ4n) is 4.63. The number of nitrogens with one attached hydrogen (secondary N) is 1. The van der Waals surface area contributed by atoms with Crippen molar-refractivity contribution in [1.29, 1.82) is 0 Å². The molecule has 4 aromatic carbocycles. The van der Waals surface area contributed by atoms with E-state index in [1.165, 1.54) is 16.7 Å². The second-order valence-electron chi connectivity index (χ2n) is 9.20. The van der Waals surface area contributed by atoms with Crippen molar-refractivity contribution in [2.45, 2.75) is 19.3 Å². The topological polar surface area (TPSA) is 72.9 Å². The minimum absolute atomic E-state index is 0.0969. The van der Waals surface area contributed by atoms with Gasteiger partial charge < -0.3 is 11.1 Å². The lowest BCUT2D eigenvalue weighted by molar-refractivity contribution is 0.0953. The van der Waals surface area contributed by atoms with Crippen molar-refractivity contribution in [3.63, 3.8) is 0 Å². The lowest BCUT2D eigenvalue weighted by Crippen LogP contribution is -2.25. The maximum absolute atomic E-state index is 12.9. The summed E-state index contributed by atoms with van der Waals surface area (Å²) in [6, 6.07) is 38.2. The molecule has 5 heteroatoms. The van der Waals surface area contributed by atoms with Crippen molar-refractivity contribution in [3.8, 4) is 16.9 Å². The summed E-state index contributed by atoms with van der Waals surface area (Å²) in [6.07, 6.45) is 0.809. The van der Waals surface area contributed by atoms with E-state index in [4.69, 9.17) is 5.73 Å². The number of aryl methyl sites for hydroxylation is 1. The van der Waals surface area contributed by atoms with Crippen molar-refractivity contribution in [2.24, 2.45) is 0 Å². The van der Waals surface area contributed by atoms with E-state index in [9.17, 15) is 4.79 Å². The molecule has 0 aliphatic rings. The highest BCUT2D eigenvalue weighted by Crippen LogP contribution is 2.27. The van der Waals surface area contributed by atoms with Gasteiger partial charge in [0, 0.05) is 29.7 Å². The average molecular weight is 487 g/mol. The highest BCUT2D eigenvalue weighted by atomic mass is 16.1.